The van der Waals surface area contributed by atoms with Crippen molar-refractivity contribution in [3.05, 3.63) is 29.8 Å². The number of carboxylic acids is 1. The van der Waals surface area contributed by atoms with Crippen LogP contribution >= 0.6 is 0 Å². The number of methoxy groups -OCH3 is 1. The van der Waals surface area contributed by atoms with Gasteiger partial charge in [-0.3, -0.25) is 4.79 Å². The second kappa shape index (κ2) is 3.26. The standard InChI is InChI=1S/C12H14O3/c1-12(11(13)14)7-9(12)8-5-3-4-6-10(8)15-2/h3-6,9H,7H2,1-2H3,(H,13,14). The van der Waals surface area contributed by atoms with Crippen molar-refractivity contribution < 1.29 is 14.6 Å². The zero-order chi connectivity index (χ0) is 11.1. The Morgan fingerprint density at radius 1 is 1.53 bits per heavy atom. The maximum atomic E-state index is 11.0. The van der Waals surface area contributed by atoms with E-state index < -0.39 is 11.4 Å². The highest BCUT2D eigenvalue weighted by Crippen LogP contribution is 2.60. The second-order valence-electron chi connectivity index (χ2n) is 4.22. The number of rotatable bonds is 3. The summed E-state index contributed by atoms with van der Waals surface area (Å²) >= 11 is 0. The molecule has 0 aromatic heterocycles. The van der Waals surface area contributed by atoms with E-state index in [1.165, 1.54) is 0 Å². The molecule has 0 heterocycles. The molecule has 0 bridgehead atoms. The Balaban J connectivity index is 2.30. The first-order valence-electron chi connectivity index (χ1n) is 4.96. The van der Waals surface area contributed by atoms with Crippen LogP contribution in [0, 0.1) is 5.41 Å². The van der Waals surface area contributed by atoms with Gasteiger partial charge in [-0.1, -0.05) is 18.2 Å². The summed E-state index contributed by atoms with van der Waals surface area (Å²) in [6.45, 7) is 1.78. The van der Waals surface area contributed by atoms with E-state index in [-0.39, 0.29) is 5.92 Å². The molecule has 0 amide bonds. The van der Waals surface area contributed by atoms with Crippen LogP contribution in [0.25, 0.3) is 0 Å². The average molecular weight is 206 g/mol. The molecule has 1 aromatic carbocycles. The fourth-order valence-corrected chi connectivity index (χ4v) is 2.01. The van der Waals surface area contributed by atoms with Gasteiger partial charge in [-0.25, -0.2) is 0 Å². The third-order valence-electron chi connectivity index (χ3n) is 3.24. The van der Waals surface area contributed by atoms with Gasteiger partial charge in [0, 0.05) is 5.92 Å². The molecule has 1 fully saturated rings. The van der Waals surface area contributed by atoms with Gasteiger partial charge in [0.1, 0.15) is 5.75 Å². The fraction of sp³-hybridized carbons (Fsp3) is 0.417. The van der Waals surface area contributed by atoms with Gasteiger partial charge in [0.2, 0.25) is 0 Å². The van der Waals surface area contributed by atoms with Crippen LogP contribution in [0.15, 0.2) is 24.3 Å². The van der Waals surface area contributed by atoms with Crippen molar-refractivity contribution in [1.29, 1.82) is 0 Å². The summed E-state index contributed by atoms with van der Waals surface area (Å²) in [5, 5.41) is 9.07. The minimum atomic E-state index is -0.724. The average Bonchev–Trinajstić information content (AvgIpc) is 2.92. The van der Waals surface area contributed by atoms with Crippen LogP contribution in [0.5, 0.6) is 5.75 Å². The Kier molecular flexibility index (Phi) is 2.18. The lowest BCUT2D eigenvalue weighted by molar-refractivity contribution is -0.142. The lowest BCUT2D eigenvalue weighted by Gasteiger charge is -2.09. The molecule has 1 saturated carbocycles. The predicted octanol–water partition coefficient (Wildman–Crippen LogP) is 2.27. The number of hydrogen-bond donors (Lipinski definition) is 1. The highest BCUT2D eigenvalue weighted by molar-refractivity contribution is 5.80. The van der Waals surface area contributed by atoms with Gasteiger partial charge >= 0.3 is 5.97 Å². The van der Waals surface area contributed by atoms with Gasteiger partial charge in [0.15, 0.2) is 0 Å². The van der Waals surface area contributed by atoms with Crippen molar-refractivity contribution in [2.24, 2.45) is 5.41 Å². The monoisotopic (exact) mass is 206 g/mol. The van der Waals surface area contributed by atoms with Crippen LogP contribution in [0.2, 0.25) is 0 Å². The maximum absolute atomic E-state index is 11.0. The van der Waals surface area contributed by atoms with Crippen LogP contribution < -0.4 is 4.74 Å². The lowest BCUT2D eigenvalue weighted by atomic mass is 10.0. The van der Waals surface area contributed by atoms with Crippen LogP contribution in [0.3, 0.4) is 0 Å². The van der Waals surface area contributed by atoms with E-state index >= 15 is 0 Å². The highest BCUT2D eigenvalue weighted by Gasteiger charge is 2.57. The minimum Gasteiger partial charge on any atom is -0.496 e. The molecule has 2 unspecified atom stereocenters. The van der Waals surface area contributed by atoms with E-state index in [1.54, 1.807) is 14.0 Å². The third kappa shape index (κ3) is 1.48. The number of aliphatic carboxylic acids is 1. The lowest BCUT2D eigenvalue weighted by Crippen LogP contribution is -2.12. The van der Waals surface area contributed by atoms with Crippen molar-refractivity contribution >= 4 is 5.97 Å². The molecule has 0 radical (unpaired) electrons. The van der Waals surface area contributed by atoms with Gasteiger partial charge in [0.25, 0.3) is 0 Å². The van der Waals surface area contributed by atoms with Gasteiger partial charge in [0.05, 0.1) is 12.5 Å². The van der Waals surface area contributed by atoms with E-state index in [4.69, 9.17) is 9.84 Å². The second-order valence-corrected chi connectivity index (χ2v) is 4.22. The minimum absolute atomic E-state index is 0.0890. The van der Waals surface area contributed by atoms with Crippen LogP contribution in [-0.2, 0) is 4.79 Å². The largest absolute Gasteiger partial charge is 0.496 e. The Labute approximate surface area is 88.7 Å². The van der Waals surface area contributed by atoms with E-state index in [0.717, 1.165) is 11.3 Å². The molecule has 80 valence electrons. The molecule has 2 atom stereocenters. The molecular weight excluding hydrogens is 192 g/mol. The zero-order valence-electron chi connectivity index (χ0n) is 8.86. The van der Waals surface area contributed by atoms with Gasteiger partial charge in [-0.05, 0) is 25.0 Å². The summed E-state index contributed by atoms with van der Waals surface area (Å²) in [4.78, 5) is 11.0. The molecule has 1 aliphatic carbocycles. The summed E-state index contributed by atoms with van der Waals surface area (Å²) in [6.07, 6.45) is 0.697. The molecule has 2 rings (SSSR count). The van der Waals surface area contributed by atoms with Crippen molar-refractivity contribution in [3.63, 3.8) is 0 Å². The summed E-state index contributed by atoms with van der Waals surface area (Å²) in [6, 6.07) is 7.62. The normalized spacial score (nSPS) is 28.5. The molecule has 0 spiro atoms. The first-order chi connectivity index (χ1) is 7.09. The molecule has 15 heavy (non-hydrogen) atoms. The summed E-state index contributed by atoms with van der Waals surface area (Å²) < 4.78 is 5.23. The SMILES string of the molecule is COc1ccccc1C1CC1(C)C(=O)O. The molecule has 1 aromatic rings. The molecule has 1 aliphatic rings. The number of benzene rings is 1. The smallest absolute Gasteiger partial charge is 0.309 e. The number of hydrogen-bond acceptors (Lipinski definition) is 2. The molecule has 0 aliphatic heterocycles. The molecule has 3 nitrogen and oxygen atoms in total. The Bertz CT molecular complexity index is 400. The van der Waals surface area contributed by atoms with E-state index in [0.29, 0.717) is 6.42 Å². The van der Waals surface area contributed by atoms with Gasteiger partial charge < -0.3 is 9.84 Å². The quantitative estimate of drug-likeness (QED) is 0.825. The summed E-state index contributed by atoms with van der Waals surface area (Å²) in [5.41, 5.74) is 0.402. The molecule has 0 saturated heterocycles. The van der Waals surface area contributed by atoms with Crippen molar-refractivity contribution in [2.75, 3.05) is 7.11 Å². The van der Waals surface area contributed by atoms with Crippen LogP contribution in [-0.4, -0.2) is 18.2 Å². The predicted molar refractivity (Wildman–Crippen MR) is 56.1 cm³/mol. The number of ether oxygens (including phenoxy) is 1. The zero-order valence-corrected chi connectivity index (χ0v) is 8.86. The Morgan fingerprint density at radius 3 is 2.73 bits per heavy atom. The van der Waals surface area contributed by atoms with Crippen molar-refractivity contribution in [2.45, 2.75) is 19.3 Å². The van der Waals surface area contributed by atoms with Crippen molar-refractivity contribution in [3.8, 4) is 5.75 Å². The van der Waals surface area contributed by atoms with E-state index in [1.807, 2.05) is 24.3 Å². The number of carbonyl (C=O) groups is 1. The third-order valence-corrected chi connectivity index (χ3v) is 3.24. The van der Waals surface area contributed by atoms with Crippen molar-refractivity contribution in [1.82, 2.24) is 0 Å². The fourth-order valence-electron chi connectivity index (χ4n) is 2.01. The van der Waals surface area contributed by atoms with Gasteiger partial charge in [-0.15, -0.1) is 0 Å². The Morgan fingerprint density at radius 2 is 2.20 bits per heavy atom. The van der Waals surface area contributed by atoms with E-state index in [2.05, 4.69) is 0 Å². The number of para-hydroxylation sites is 1. The summed E-state index contributed by atoms with van der Waals surface area (Å²) in [5.74, 6) is 0.150. The van der Waals surface area contributed by atoms with Crippen LogP contribution in [0.4, 0.5) is 0 Å². The number of carboxylic acid groups (broad SMARTS) is 1. The first kappa shape index (κ1) is 10.0. The van der Waals surface area contributed by atoms with E-state index in [9.17, 15) is 4.79 Å². The Hall–Kier alpha value is -1.51. The first-order valence-corrected chi connectivity index (χ1v) is 4.96. The van der Waals surface area contributed by atoms with Crippen LogP contribution in [0.1, 0.15) is 24.8 Å². The topological polar surface area (TPSA) is 46.5 Å². The maximum Gasteiger partial charge on any atom is 0.309 e. The highest BCUT2D eigenvalue weighted by atomic mass is 16.5. The summed E-state index contributed by atoms with van der Waals surface area (Å²) in [7, 11) is 1.61. The van der Waals surface area contributed by atoms with Gasteiger partial charge in [-0.2, -0.15) is 0 Å². The molecule has 1 N–H and O–H groups in total. The molecule has 3 heteroatoms. The molecular formula is C12H14O3.